The third kappa shape index (κ3) is 2.50. The fraction of sp³-hybridized carbons (Fsp3) is 0.222. The van der Waals surface area contributed by atoms with E-state index in [1.807, 2.05) is 0 Å². The van der Waals surface area contributed by atoms with Crippen molar-refractivity contribution in [2.45, 2.75) is 6.42 Å². The third-order valence-corrected chi connectivity index (χ3v) is 1.91. The maximum absolute atomic E-state index is 10.6. The summed E-state index contributed by atoms with van der Waals surface area (Å²) in [5.41, 5.74) is -0.0835. The molecular weight excluding hydrogens is 202 g/mol. The molecule has 0 radical (unpaired) electrons. The van der Waals surface area contributed by atoms with Gasteiger partial charge < -0.3 is 10.2 Å². The topological polar surface area (TPSA) is 101 Å². The Balaban J connectivity index is 3.20. The smallest absolute Gasteiger partial charge is 0.335 e. The van der Waals surface area contributed by atoms with Gasteiger partial charge in [0.25, 0.3) is 5.69 Å². The maximum atomic E-state index is 10.6. The average Bonchev–Trinajstić information content (AvgIpc) is 2.18. The van der Waals surface area contributed by atoms with E-state index < -0.39 is 10.9 Å². The summed E-state index contributed by atoms with van der Waals surface area (Å²) in [5, 5.41) is 27.9. The number of nitro benzene ring substituents is 1. The van der Waals surface area contributed by atoms with Crippen molar-refractivity contribution in [3.05, 3.63) is 39.4 Å². The Morgan fingerprint density at radius 1 is 1.47 bits per heavy atom. The number of nitro groups is 1. The van der Waals surface area contributed by atoms with Crippen LogP contribution in [0.3, 0.4) is 0 Å². The lowest BCUT2D eigenvalue weighted by atomic mass is 10.1. The summed E-state index contributed by atoms with van der Waals surface area (Å²) in [7, 11) is 0. The molecule has 0 atom stereocenters. The Labute approximate surface area is 84.9 Å². The number of nitrogens with zero attached hydrogens (tertiary/aromatic N) is 1. The molecule has 1 rings (SSSR count). The van der Waals surface area contributed by atoms with Crippen molar-refractivity contribution in [3.63, 3.8) is 0 Å². The number of aliphatic hydroxyl groups excluding tert-OH is 1. The highest BCUT2D eigenvalue weighted by molar-refractivity contribution is 5.88. The molecule has 0 aliphatic carbocycles. The highest BCUT2D eigenvalue weighted by Crippen LogP contribution is 2.20. The van der Waals surface area contributed by atoms with E-state index in [0.717, 1.165) is 6.07 Å². The zero-order valence-corrected chi connectivity index (χ0v) is 7.71. The van der Waals surface area contributed by atoms with Crippen molar-refractivity contribution in [1.82, 2.24) is 0 Å². The van der Waals surface area contributed by atoms with Crippen LogP contribution in [0.25, 0.3) is 0 Å². The lowest BCUT2D eigenvalue weighted by Crippen LogP contribution is -2.02. The van der Waals surface area contributed by atoms with E-state index in [1.165, 1.54) is 12.1 Å². The zero-order chi connectivity index (χ0) is 11.4. The molecule has 0 aliphatic rings. The first-order chi connectivity index (χ1) is 7.06. The molecule has 0 spiro atoms. The molecule has 0 saturated carbocycles. The molecule has 0 amide bonds. The first kappa shape index (κ1) is 11.1. The van der Waals surface area contributed by atoms with Crippen LogP contribution in [0.15, 0.2) is 18.2 Å². The van der Waals surface area contributed by atoms with E-state index in [2.05, 4.69) is 0 Å². The van der Waals surface area contributed by atoms with Crippen LogP contribution in [0.5, 0.6) is 0 Å². The number of benzene rings is 1. The van der Waals surface area contributed by atoms with Gasteiger partial charge in [0.15, 0.2) is 0 Å². The minimum atomic E-state index is -1.21. The third-order valence-electron chi connectivity index (χ3n) is 1.91. The maximum Gasteiger partial charge on any atom is 0.335 e. The van der Waals surface area contributed by atoms with Crippen LogP contribution >= 0.6 is 0 Å². The van der Waals surface area contributed by atoms with Gasteiger partial charge >= 0.3 is 5.97 Å². The number of hydrogen-bond donors (Lipinski definition) is 2. The predicted octanol–water partition coefficient (Wildman–Crippen LogP) is 0.828. The average molecular weight is 211 g/mol. The number of aliphatic hydroxyl groups is 1. The molecule has 0 heterocycles. The largest absolute Gasteiger partial charge is 0.478 e. The van der Waals surface area contributed by atoms with Crippen molar-refractivity contribution in [2.24, 2.45) is 0 Å². The van der Waals surface area contributed by atoms with E-state index in [0.29, 0.717) is 5.56 Å². The van der Waals surface area contributed by atoms with Crippen LogP contribution in [0.2, 0.25) is 0 Å². The van der Waals surface area contributed by atoms with Crippen LogP contribution in [-0.2, 0) is 6.42 Å². The van der Waals surface area contributed by atoms with Gasteiger partial charge in [-0.25, -0.2) is 4.79 Å². The minimum absolute atomic E-state index is 0.135. The van der Waals surface area contributed by atoms with E-state index in [4.69, 9.17) is 10.2 Å². The second-order valence-electron chi connectivity index (χ2n) is 2.88. The van der Waals surface area contributed by atoms with E-state index in [-0.39, 0.29) is 24.3 Å². The highest BCUT2D eigenvalue weighted by Gasteiger charge is 2.16. The number of carboxylic acid groups (broad SMARTS) is 1. The summed E-state index contributed by atoms with van der Waals surface area (Å²) in [5.74, 6) is -1.21. The minimum Gasteiger partial charge on any atom is -0.478 e. The monoisotopic (exact) mass is 211 g/mol. The predicted molar refractivity (Wildman–Crippen MR) is 50.8 cm³/mol. The van der Waals surface area contributed by atoms with Gasteiger partial charge in [0, 0.05) is 24.7 Å². The highest BCUT2D eigenvalue weighted by atomic mass is 16.6. The van der Waals surface area contributed by atoms with Crippen molar-refractivity contribution in [3.8, 4) is 0 Å². The van der Waals surface area contributed by atoms with Crippen LogP contribution in [0.4, 0.5) is 5.69 Å². The second-order valence-corrected chi connectivity index (χ2v) is 2.88. The number of rotatable bonds is 4. The van der Waals surface area contributed by atoms with E-state index >= 15 is 0 Å². The molecule has 0 unspecified atom stereocenters. The molecule has 15 heavy (non-hydrogen) atoms. The summed E-state index contributed by atoms with van der Waals surface area (Å²) in [6, 6.07) is 3.62. The first-order valence-corrected chi connectivity index (χ1v) is 4.17. The van der Waals surface area contributed by atoms with Crippen molar-refractivity contribution in [1.29, 1.82) is 0 Å². The molecule has 0 aliphatic heterocycles. The summed E-state index contributed by atoms with van der Waals surface area (Å²) < 4.78 is 0. The first-order valence-electron chi connectivity index (χ1n) is 4.17. The second kappa shape index (κ2) is 4.52. The standard InChI is InChI=1S/C9H9NO5/c11-4-3-6-1-2-7(9(12)13)5-8(6)10(14)15/h1-2,5,11H,3-4H2,(H,12,13). The van der Waals surface area contributed by atoms with Gasteiger partial charge in [-0.15, -0.1) is 0 Å². The van der Waals surface area contributed by atoms with Gasteiger partial charge in [0.1, 0.15) is 0 Å². The molecule has 80 valence electrons. The van der Waals surface area contributed by atoms with Gasteiger partial charge in [-0.2, -0.15) is 0 Å². The Morgan fingerprint density at radius 3 is 2.60 bits per heavy atom. The number of carbonyl (C=O) groups is 1. The van der Waals surface area contributed by atoms with Gasteiger partial charge in [-0.3, -0.25) is 10.1 Å². The lowest BCUT2D eigenvalue weighted by Gasteiger charge is -2.01. The lowest BCUT2D eigenvalue weighted by molar-refractivity contribution is -0.385. The number of hydrogen-bond acceptors (Lipinski definition) is 4. The molecular formula is C9H9NO5. The SMILES string of the molecule is O=C(O)c1ccc(CCO)c([N+](=O)[O-])c1. The molecule has 0 aromatic heterocycles. The Hall–Kier alpha value is -1.95. The summed E-state index contributed by atoms with van der Waals surface area (Å²) in [6.45, 7) is -0.215. The van der Waals surface area contributed by atoms with Crippen LogP contribution in [-0.4, -0.2) is 27.7 Å². The summed E-state index contributed by atoms with van der Waals surface area (Å²) in [4.78, 5) is 20.5. The molecule has 0 bridgehead atoms. The molecule has 1 aromatic rings. The van der Waals surface area contributed by atoms with E-state index in [9.17, 15) is 14.9 Å². The fourth-order valence-electron chi connectivity index (χ4n) is 1.20. The Kier molecular flexibility index (Phi) is 3.35. The van der Waals surface area contributed by atoms with Crippen molar-refractivity contribution in [2.75, 3.05) is 6.61 Å². The van der Waals surface area contributed by atoms with Gasteiger partial charge in [-0.05, 0) is 6.07 Å². The number of aromatic carboxylic acids is 1. The normalized spacial score (nSPS) is 9.93. The van der Waals surface area contributed by atoms with Gasteiger partial charge in [-0.1, -0.05) is 6.07 Å². The number of carboxylic acids is 1. The quantitative estimate of drug-likeness (QED) is 0.567. The Bertz CT molecular complexity index is 401. The molecule has 6 heteroatoms. The summed E-state index contributed by atoms with van der Waals surface area (Å²) in [6.07, 6.45) is 0.135. The molecule has 2 N–H and O–H groups in total. The fourth-order valence-corrected chi connectivity index (χ4v) is 1.20. The van der Waals surface area contributed by atoms with Crippen LogP contribution in [0.1, 0.15) is 15.9 Å². The zero-order valence-electron chi connectivity index (χ0n) is 7.71. The van der Waals surface area contributed by atoms with Crippen LogP contribution < -0.4 is 0 Å². The molecule has 0 fully saturated rings. The Morgan fingerprint density at radius 2 is 2.13 bits per heavy atom. The van der Waals surface area contributed by atoms with Crippen molar-refractivity contribution < 1.29 is 19.9 Å². The van der Waals surface area contributed by atoms with Gasteiger partial charge in [0.2, 0.25) is 0 Å². The molecule has 6 nitrogen and oxygen atoms in total. The molecule has 1 aromatic carbocycles. The summed E-state index contributed by atoms with van der Waals surface area (Å²) >= 11 is 0. The van der Waals surface area contributed by atoms with Crippen molar-refractivity contribution >= 4 is 11.7 Å². The van der Waals surface area contributed by atoms with E-state index in [1.54, 1.807) is 0 Å². The van der Waals surface area contributed by atoms with Gasteiger partial charge in [0.05, 0.1) is 10.5 Å². The molecule has 0 saturated heterocycles. The van der Waals surface area contributed by atoms with Crippen LogP contribution in [0, 0.1) is 10.1 Å².